The van der Waals surface area contributed by atoms with Crippen molar-refractivity contribution >= 4 is 11.9 Å². The second-order valence-corrected chi connectivity index (χ2v) is 4.41. The summed E-state index contributed by atoms with van der Waals surface area (Å²) in [6, 6.07) is 0. The maximum atomic E-state index is 11.6. The molecule has 0 saturated carbocycles. The van der Waals surface area contributed by atoms with Crippen molar-refractivity contribution in [3.05, 3.63) is 0 Å². The van der Waals surface area contributed by atoms with Crippen LogP contribution in [0.4, 0.5) is 0 Å². The minimum absolute atomic E-state index is 0.120. The van der Waals surface area contributed by atoms with Gasteiger partial charge < -0.3 is 19.9 Å². The van der Waals surface area contributed by atoms with Crippen LogP contribution in [0, 0.1) is 0 Å². The van der Waals surface area contributed by atoms with E-state index in [-0.39, 0.29) is 18.1 Å². The van der Waals surface area contributed by atoms with Crippen molar-refractivity contribution in [3.63, 3.8) is 0 Å². The first-order chi connectivity index (χ1) is 8.16. The van der Waals surface area contributed by atoms with Crippen LogP contribution in [0.15, 0.2) is 0 Å². The molecule has 17 heavy (non-hydrogen) atoms. The fourth-order valence-electron chi connectivity index (χ4n) is 2.15. The first kappa shape index (κ1) is 12.3. The molecule has 6 nitrogen and oxygen atoms in total. The van der Waals surface area contributed by atoms with Gasteiger partial charge in [0.15, 0.2) is 6.10 Å². The topological polar surface area (TPSA) is 84.9 Å². The molecule has 2 N–H and O–H groups in total. The van der Waals surface area contributed by atoms with Crippen LogP contribution in [-0.4, -0.2) is 48.4 Å². The van der Waals surface area contributed by atoms with Crippen molar-refractivity contribution in [1.29, 1.82) is 0 Å². The van der Waals surface area contributed by atoms with Gasteiger partial charge in [-0.25, -0.2) is 4.79 Å². The monoisotopic (exact) mass is 243 g/mol. The number of ether oxygens (including phenoxy) is 2. The van der Waals surface area contributed by atoms with Crippen molar-refractivity contribution in [3.8, 4) is 0 Å². The molecule has 0 bridgehead atoms. The average molecular weight is 243 g/mol. The lowest BCUT2D eigenvalue weighted by atomic mass is 10.2. The highest BCUT2D eigenvalue weighted by Gasteiger charge is 2.31. The highest BCUT2D eigenvalue weighted by molar-refractivity contribution is 5.81. The Kier molecular flexibility index (Phi) is 3.96. The summed E-state index contributed by atoms with van der Waals surface area (Å²) in [5.41, 5.74) is 0. The molecule has 0 aromatic rings. The van der Waals surface area contributed by atoms with Gasteiger partial charge in [-0.2, -0.15) is 0 Å². The Hall–Kier alpha value is -1.14. The van der Waals surface area contributed by atoms with Crippen LogP contribution in [-0.2, 0) is 19.1 Å². The Labute approximate surface area is 99.3 Å². The Bertz CT molecular complexity index is 300. The molecule has 2 heterocycles. The molecule has 0 aromatic heterocycles. The number of carbonyl (C=O) groups excluding carboxylic acids is 1. The van der Waals surface area contributed by atoms with Crippen LogP contribution < -0.4 is 5.32 Å². The molecular weight excluding hydrogens is 226 g/mol. The number of carbonyl (C=O) groups is 2. The van der Waals surface area contributed by atoms with Gasteiger partial charge in [0, 0.05) is 13.2 Å². The summed E-state index contributed by atoms with van der Waals surface area (Å²) in [6.45, 7) is 1.00. The van der Waals surface area contributed by atoms with Crippen LogP contribution in [0.25, 0.3) is 0 Å². The standard InChI is InChI=1S/C11H17NO5/c13-10(8-2-1-5-16-8)12-6-7-3-4-9(17-7)11(14)15/h7-9H,1-6H2,(H,12,13)(H,14,15)/t7?,8-,9?/m0/s1. The maximum Gasteiger partial charge on any atom is 0.332 e. The number of carboxylic acid groups (broad SMARTS) is 1. The Morgan fingerprint density at radius 3 is 2.65 bits per heavy atom. The number of hydrogen-bond acceptors (Lipinski definition) is 4. The lowest BCUT2D eigenvalue weighted by Gasteiger charge is -2.14. The summed E-state index contributed by atoms with van der Waals surface area (Å²) in [5.74, 6) is -1.05. The van der Waals surface area contributed by atoms with Gasteiger partial charge in [0.2, 0.25) is 5.91 Å². The van der Waals surface area contributed by atoms with Gasteiger partial charge in [-0.15, -0.1) is 0 Å². The van der Waals surface area contributed by atoms with Gasteiger partial charge in [0.1, 0.15) is 6.10 Å². The van der Waals surface area contributed by atoms with Crippen molar-refractivity contribution in [2.75, 3.05) is 13.2 Å². The van der Waals surface area contributed by atoms with Crippen LogP contribution in [0.2, 0.25) is 0 Å². The highest BCUT2D eigenvalue weighted by atomic mass is 16.5. The third-order valence-corrected chi connectivity index (χ3v) is 3.11. The van der Waals surface area contributed by atoms with Gasteiger partial charge in [-0.05, 0) is 25.7 Å². The van der Waals surface area contributed by atoms with E-state index in [9.17, 15) is 9.59 Å². The van der Waals surface area contributed by atoms with Crippen molar-refractivity contribution in [1.82, 2.24) is 5.32 Å². The minimum atomic E-state index is -0.932. The van der Waals surface area contributed by atoms with Gasteiger partial charge in [-0.3, -0.25) is 4.79 Å². The quantitative estimate of drug-likeness (QED) is 0.721. The van der Waals surface area contributed by atoms with E-state index in [0.717, 1.165) is 12.8 Å². The fraction of sp³-hybridized carbons (Fsp3) is 0.818. The SMILES string of the molecule is O=C(O)C1CCC(CNC(=O)[C@@H]2CCCO2)O1. The largest absolute Gasteiger partial charge is 0.479 e. The number of hydrogen-bond donors (Lipinski definition) is 2. The predicted octanol–water partition coefficient (Wildman–Crippen LogP) is -0.0862. The first-order valence-corrected chi connectivity index (χ1v) is 5.94. The smallest absolute Gasteiger partial charge is 0.332 e. The van der Waals surface area contributed by atoms with E-state index >= 15 is 0 Å². The van der Waals surface area contributed by atoms with Crippen LogP contribution in [0.1, 0.15) is 25.7 Å². The molecule has 2 aliphatic heterocycles. The second kappa shape index (κ2) is 5.46. The number of carboxylic acids is 1. The Balaban J connectivity index is 1.68. The lowest BCUT2D eigenvalue weighted by Crippen LogP contribution is -2.39. The van der Waals surface area contributed by atoms with E-state index in [1.165, 1.54) is 0 Å². The molecule has 2 unspecified atom stereocenters. The molecule has 2 saturated heterocycles. The molecule has 0 aliphatic carbocycles. The fourth-order valence-corrected chi connectivity index (χ4v) is 2.15. The summed E-state index contributed by atoms with van der Waals surface area (Å²) < 4.78 is 10.5. The van der Waals surface area contributed by atoms with Crippen molar-refractivity contribution < 1.29 is 24.2 Å². The van der Waals surface area contributed by atoms with Crippen LogP contribution in [0.5, 0.6) is 0 Å². The molecule has 2 aliphatic rings. The molecular formula is C11H17NO5. The van der Waals surface area contributed by atoms with E-state index < -0.39 is 12.1 Å². The summed E-state index contributed by atoms with van der Waals surface area (Å²) in [4.78, 5) is 22.3. The molecule has 0 aromatic carbocycles. The minimum Gasteiger partial charge on any atom is -0.479 e. The van der Waals surface area contributed by atoms with Crippen LogP contribution >= 0.6 is 0 Å². The van der Waals surface area contributed by atoms with E-state index in [4.69, 9.17) is 14.6 Å². The first-order valence-electron chi connectivity index (χ1n) is 5.94. The second-order valence-electron chi connectivity index (χ2n) is 4.41. The van der Waals surface area contributed by atoms with E-state index in [1.807, 2.05) is 0 Å². The lowest BCUT2D eigenvalue weighted by molar-refractivity contribution is -0.149. The molecule has 2 fully saturated rings. The zero-order valence-corrected chi connectivity index (χ0v) is 9.55. The maximum absolute atomic E-state index is 11.6. The summed E-state index contributed by atoms with van der Waals surface area (Å²) in [6.07, 6.45) is 1.60. The van der Waals surface area contributed by atoms with Gasteiger partial charge in [0.05, 0.1) is 6.10 Å². The van der Waals surface area contributed by atoms with Gasteiger partial charge in [-0.1, -0.05) is 0 Å². The third-order valence-electron chi connectivity index (χ3n) is 3.11. The van der Waals surface area contributed by atoms with Crippen molar-refractivity contribution in [2.45, 2.75) is 44.0 Å². The zero-order chi connectivity index (χ0) is 12.3. The molecule has 6 heteroatoms. The number of nitrogens with one attached hydrogen (secondary N) is 1. The number of aliphatic carboxylic acids is 1. The highest BCUT2D eigenvalue weighted by Crippen LogP contribution is 2.19. The molecule has 0 spiro atoms. The molecule has 1 amide bonds. The van der Waals surface area contributed by atoms with E-state index in [0.29, 0.717) is 26.0 Å². The summed E-state index contributed by atoms with van der Waals surface area (Å²) in [7, 11) is 0. The van der Waals surface area contributed by atoms with Gasteiger partial charge in [0.25, 0.3) is 0 Å². The van der Waals surface area contributed by atoms with Crippen LogP contribution in [0.3, 0.4) is 0 Å². The van der Waals surface area contributed by atoms with E-state index in [2.05, 4.69) is 5.32 Å². The average Bonchev–Trinajstić information content (AvgIpc) is 2.97. The molecule has 96 valence electrons. The van der Waals surface area contributed by atoms with E-state index in [1.54, 1.807) is 0 Å². The van der Waals surface area contributed by atoms with Gasteiger partial charge >= 0.3 is 5.97 Å². The third kappa shape index (κ3) is 3.17. The Morgan fingerprint density at radius 1 is 1.24 bits per heavy atom. The normalized spacial score (nSPS) is 32.6. The van der Waals surface area contributed by atoms with Crippen molar-refractivity contribution in [2.24, 2.45) is 0 Å². The Morgan fingerprint density at radius 2 is 2.06 bits per heavy atom. The number of rotatable bonds is 4. The predicted molar refractivity (Wildman–Crippen MR) is 57.5 cm³/mol. The summed E-state index contributed by atoms with van der Waals surface area (Å²) in [5, 5.41) is 11.5. The zero-order valence-electron chi connectivity index (χ0n) is 9.55. The molecule has 0 radical (unpaired) electrons. The molecule has 3 atom stereocenters. The summed E-state index contributed by atoms with van der Waals surface area (Å²) >= 11 is 0. The molecule has 2 rings (SSSR count). The number of amides is 1.